The highest BCUT2D eigenvalue weighted by Crippen LogP contribution is 2.27. The summed E-state index contributed by atoms with van der Waals surface area (Å²) in [6, 6.07) is 0. The molecule has 2 rings (SSSR count). The second kappa shape index (κ2) is 4.18. The molecule has 2 atom stereocenters. The average Bonchev–Trinajstić information content (AvgIpc) is 2.72. The van der Waals surface area contributed by atoms with Crippen LogP contribution in [0.3, 0.4) is 0 Å². The molecule has 1 saturated heterocycles. The molecule has 0 radical (unpaired) electrons. The standard InChI is InChI=1S/C11H18N2O4/c1-11(2,3)16-10(15)13-4-7-8(6-14)12-17-9(7)5-13/h7,9,14H,4-6H2,1-3H3/t7-,9-/m0/s1. The Morgan fingerprint density at radius 2 is 2.29 bits per heavy atom. The Labute approximate surface area is 100 Å². The van der Waals surface area contributed by atoms with E-state index in [4.69, 9.17) is 14.7 Å². The topological polar surface area (TPSA) is 71.4 Å². The zero-order valence-electron chi connectivity index (χ0n) is 10.3. The maximum absolute atomic E-state index is 11.8. The Morgan fingerprint density at radius 3 is 2.88 bits per heavy atom. The lowest BCUT2D eigenvalue weighted by molar-refractivity contribution is 0.0227. The molecule has 0 spiro atoms. The van der Waals surface area contributed by atoms with Crippen LogP contribution in [0.15, 0.2) is 5.16 Å². The molecular formula is C11H18N2O4. The van der Waals surface area contributed by atoms with Crippen LogP contribution in [0.4, 0.5) is 4.79 Å². The van der Waals surface area contributed by atoms with Gasteiger partial charge in [0.15, 0.2) is 6.10 Å². The van der Waals surface area contributed by atoms with Crippen LogP contribution < -0.4 is 0 Å². The van der Waals surface area contributed by atoms with Crippen molar-refractivity contribution in [2.24, 2.45) is 11.1 Å². The molecule has 96 valence electrons. The number of nitrogens with zero attached hydrogens (tertiary/aromatic N) is 2. The Balaban J connectivity index is 1.95. The van der Waals surface area contributed by atoms with Gasteiger partial charge in [-0.25, -0.2) is 4.79 Å². The van der Waals surface area contributed by atoms with E-state index in [2.05, 4.69) is 5.16 Å². The molecule has 1 amide bonds. The van der Waals surface area contributed by atoms with Gasteiger partial charge in [0.25, 0.3) is 0 Å². The number of hydrogen-bond donors (Lipinski definition) is 1. The summed E-state index contributed by atoms with van der Waals surface area (Å²) in [4.78, 5) is 18.6. The fraction of sp³-hybridized carbons (Fsp3) is 0.818. The van der Waals surface area contributed by atoms with Crippen molar-refractivity contribution in [3.8, 4) is 0 Å². The molecule has 0 aliphatic carbocycles. The van der Waals surface area contributed by atoms with Crippen LogP contribution in [0.2, 0.25) is 0 Å². The first-order chi connectivity index (χ1) is 7.90. The molecule has 17 heavy (non-hydrogen) atoms. The number of hydrogen-bond acceptors (Lipinski definition) is 5. The highest BCUT2D eigenvalue weighted by molar-refractivity contribution is 5.90. The number of amides is 1. The van der Waals surface area contributed by atoms with E-state index in [0.717, 1.165) is 0 Å². The van der Waals surface area contributed by atoms with Crippen molar-refractivity contribution in [3.05, 3.63) is 0 Å². The van der Waals surface area contributed by atoms with Gasteiger partial charge in [-0.1, -0.05) is 5.16 Å². The lowest BCUT2D eigenvalue weighted by Gasteiger charge is -2.24. The molecule has 1 fully saturated rings. The van der Waals surface area contributed by atoms with Gasteiger partial charge < -0.3 is 19.6 Å². The molecule has 6 heteroatoms. The zero-order valence-corrected chi connectivity index (χ0v) is 10.3. The third-order valence-electron chi connectivity index (χ3n) is 2.81. The van der Waals surface area contributed by atoms with Gasteiger partial charge >= 0.3 is 6.09 Å². The van der Waals surface area contributed by atoms with Gasteiger partial charge in [0.2, 0.25) is 0 Å². The maximum Gasteiger partial charge on any atom is 0.410 e. The number of carbonyl (C=O) groups is 1. The van der Waals surface area contributed by atoms with E-state index in [1.165, 1.54) is 0 Å². The minimum absolute atomic E-state index is 0.00696. The van der Waals surface area contributed by atoms with Crippen LogP contribution in [0.1, 0.15) is 20.8 Å². The molecule has 0 unspecified atom stereocenters. The first-order valence-electron chi connectivity index (χ1n) is 5.72. The fourth-order valence-electron chi connectivity index (χ4n) is 2.03. The summed E-state index contributed by atoms with van der Waals surface area (Å²) in [5, 5.41) is 12.9. The number of fused-ring (bicyclic) bond motifs is 1. The van der Waals surface area contributed by atoms with Gasteiger partial charge in [0, 0.05) is 6.54 Å². The summed E-state index contributed by atoms with van der Waals surface area (Å²) in [5.74, 6) is 0.00696. The summed E-state index contributed by atoms with van der Waals surface area (Å²) in [5.41, 5.74) is 0.116. The Hall–Kier alpha value is -1.30. The van der Waals surface area contributed by atoms with Crippen LogP contribution in [0, 0.1) is 5.92 Å². The lowest BCUT2D eigenvalue weighted by Crippen LogP contribution is -2.36. The summed E-state index contributed by atoms with van der Waals surface area (Å²) >= 11 is 0. The van der Waals surface area contributed by atoms with Gasteiger partial charge in [-0.3, -0.25) is 0 Å². The molecule has 0 aromatic rings. The Morgan fingerprint density at radius 1 is 1.59 bits per heavy atom. The zero-order chi connectivity index (χ0) is 12.6. The normalized spacial score (nSPS) is 27.5. The fourth-order valence-corrected chi connectivity index (χ4v) is 2.03. The minimum atomic E-state index is -0.496. The molecule has 2 aliphatic rings. The second-order valence-corrected chi connectivity index (χ2v) is 5.38. The summed E-state index contributed by atoms with van der Waals surface area (Å²) in [6.07, 6.45) is -0.475. The molecular weight excluding hydrogens is 224 g/mol. The highest BCUT2D eigenvalue weighted by Gasteiger charge is 2.44. The number of rotatable bonds is 1. The van der Waals surface area contributed by atoms with Crippen LogP contribution in [-0.4, -0.2) is 53.2 Å². The van der Waals surface area contributed by atoms with E-state index in [-0.39, 0.29) is 24.7 Å². The van der Waals surface area contributed by atoms with Crippen molar-refractivity contribution < 1.29 is 19.5 Å². The molecule has 6 nitrogen and oxygen atoms in total. The molecule has 2 aliphatic heterocycles. The van der Waals surface area contributed by atoms with Crippen LogP contribution in [0.5, 0.6) is 0 Å². The number of oxime groups is 1. The highest BCUT2D eigenvalue weighted by atomic mass is 16.6. The van der Waals surface area contributed by atoms with E-state index in [0.29, 0.717) is 18.8 Å². The monoisotopic (exact) mass is 242 g/mol. The van der Waals surface area contributed by atoms with E-state index < -0.39 is 5.60 Å². The van der Waals surface area contributed by atoms with E-state index in [1.807, 2.05) is 20.8 Å². The maximum atomic E-state index is 11.8. The molecule has 0 aromatic carbocycles. The Kier molecular flexibility index (Phi) is 2.99. The third-order valence-corrected chi connectivity index (χ3v) is 2.81. The molecule has 2 heterocycles. The van der Waals surface area contributed by atoms with Crippen molar-refractivity contribution in [2.45, 2.75) is 32.5 Å². The van der Waals surface area contributed by atoms with Crippen molar-refractivity contribution >= 4 is 11.8 Å². The van der Waals surface area contributed by atoms with Gasteiger partial charge in [-0.15, -0.1) is 0 Å². The van der Waals surface area contributed by atoms with Gasteiger partial charge in [0.1, 0.15) is 5.60 Å². The SMILES string of the molecule is CC(C)(C)OC(=O)N1C[C@@H]2ON=C(CO)[C@@H]2C1. The molecule has 1 N–H and O–H groups in total. The number of ether oxygens (including phenoxy) is 1. The van der Waals surface area contributed by atoms with Crippen molar-refractivity contribution in [3.63, 3.8) is 0 Å². The van der Waals surface area contributed by atoms with Crippen molar-refractivity contribution in [1.29, 1.82) is 0 Å². The number of likely N-dealkylation sites (tertiary alicyclic amines) is 1. The Bertz CT molecular complexity index is 348. The largest absolute Gasteiger partial charge is 0.444 e. The molecule has 0 saturated carbocycles. The average molecular weight is 242 g/mol. The van der Waals surface area contributed by atoms with Crippen molar-refractivity contribution in [1.82, 2.24) is 4.90 Å². The van der Waals surface area contributed by atoms with Gasteiger partial charge in [-0.2, -0.15) is 0 Å². The van der Waals surface area contributed by atoms with Crippen molar-refractivity contribution in [2.75, 3.05) is 19.7 Å². The number of carbonyl (C=O) groups excluding carboxylic acids is 1. The van der Waals surface area contributed by atoms with Gasteiger partial charge in [-0.05, 0) is 20.8 Å². The van der Waals surface area contributed by atoms with E-state index in [1.54, 1.807) is 4.90 Å². The second-order valence-electron chi connectivity index (χ2n) is 5.38. The third kappa shape index (κ3) is 2.52. The minimum Gasteiger partial charge on any atom is -0.444 e. The lowest BCUT2D eigenvalue weighted by atomic mass is 10.0. The quantitative estimate of drug-likeness (QED) is 0.731. The molecule has 0 aromatic heterocycles. The van der Waals surface area contributed by atoms with Gasteiger partial charge in [0.05, 0.1) is 24.8 Å². The predicted octanol–water partition coefficient (Wildman–Crippen LogP) is 0.600. The van der Waals surface area contributed by atoms with E-state index >= 15 is 0 Å². The van der Waals surface area contributed by atoms with Crippen LogP contribution >= 0.6 is 0 Å². The summed E-state index contributed by atoms with van der Waals surface area (Å²) in [7, 11) is 0. The van der Waals surface area contributed by atoms with E-state index in [9.17, 15) is 4.79 Å². The van der Waals surface area contributed by atoms with Crippen LogP contribution in [0.25, 0.3) is 0 Å². The predicted molar refractivity (Wildman–Crippen MR) is 60.7 cm³/mol. The first kappa shape index (κ1) is 12.2. The smallest absolute Gasteiger partial charge is 0.410 e. The number of aliphatic hydroxyl groups is 1. The summed E-state index contributed by atoms with van der Waals surface area (Å²) < 4.78 is 5.28. The molecule has 0 bridgehead atoms. The number of aliphatic hydroxyl groups excluding tert-OH is 1. The van der Waals surface area contributed by atoms with Crippen LogP contribution in [-0.2, 0) is 9.57 Å². The summed E-state index contributed by atoms with van der Waals surface area (Å²) in [6.45, 7) is 6.34. The first-order valence-corrected chi connectivity index (χ1v) is 5.72.